The van der Waals surface area contributed by atoms with Crippen LogP contribution >= 0.6 is 0 Å². The quantitative estimate of drug-likeness (QED) is 0.704. The zero-order chi connectivity index (χ0) is 11.3. The van der Waals surface area contributed by atoms with Crippen LogP contribution in [0.15, 0.2) is 0 Å². The topological polar surface area (TPSA) is 67.6 Å². The summed E-state index contributed by atoms with van der Waals surface area (Å²) >= 11 is 0. The number of carbonyl (C=O) groups excluding carboxylic acids is 1. The summed E-state index contributed by atoms with van der Waals surface area (Å²) in [4.78, 5) is 13.5. The van der Waals surface area contributed by atoms with Crippen LogP contribution in [-0.4, -0.2) is 49.8 Å². The van der Waals surface area contributed by atoms with Gasteiger partial charge in [-0.15, -0.1) is 0 Å². The molecule has 0 spiro atoms. The summed E-state index contributed by atoms with van der Waals surface area (Å²) in [5.41, 5.74) is 5.45. The number of rotatable bonds is 3. The molecule has 88 valence electrons. The van der Waals surface area contributed by atoms with Crippen molar-refractivity contribution in [2.24, 2.45) is 5.73 Å². The molecule has 2 amide bonds. The van der Waals surface area contributed by atoms with Gasteiger partial charge in [0, 0.05) is 38.9 Å². The fourth-order valence-corrected chi connectivity index (χ4v) is 1.61. The van der Waals surface area contributed by atoms with Crippen LogP contribution < -0.4 is 11.1 Å². The van der Waals surface area contributed by atoms with Gasteiger partial charge >= 0.3 is 6.03 Å². The third kappa shape index (κ3) is 3.68. The van der Waals surface area contributed by atoms with E-state index in [0.717, 1.165) is 26.1 Å². The van der Waals surface area contributed by atoms with Gasteiger partial charge in [-0.2, -0.15) is 0 Å². The van der Waals surface area contributed by atoms with E-state index >= 15 is 0 Å². The lowest BCUT2D eigenvalue weighted by Crippen LogP contribution is -2.49. The van der Waals surface area contributed by atoms with Crippen LogP contribution in [-0.2, 0) is 4.74 Å². The number of hydrogen-bond donors (Lipinski definition) is 2. The normalized spacial score (nSPS) is 19.7. The zero-order valence-electron chi connectivity index (χ0n) is 9.53. The molecule has 1 aliphatic rings. The molecule has 1 rings (SSSR count). The summed E-state index contributed by atoms with van der Waals surface area (Å²) in [5, 5.41) is 2.85. The lowest BCUT2D eigenvalue weighted by atomic mass is 10.1. The fourth-order valence-electron chi connectivity index (χ4n) is 1.61. The van der Waals surface area contributed by atoms with Crippen LogP contribution in [0.2, 0.25) is 0 Å². The van der Waals surface area contributed by atoms with Gasteiger partial charge in [0.05, 0.1) is 0 Å². The van der Waals surface area contributed by atoms with Crippen molar-refractivity contribution in [3.63, 3.8) is 0 Å². The van der Waals surface area contributed by atoms with E-state index in [9.17, 15) is 4.79 Å². The maximum Gasteiger partial charge on any atom is 0.317 e. The van der Waals surface area contributed by atoms with Crippen molar-refractivity contribution in [1.29, 1.82) is 0 Å². The molecular formula is C10H21N3O2. The number of nitrogens with one attached hydrogen (secondary N) is 1. The van der Waals surface area contributed by atoms with E-state index in [-0.39, 0.29) is 12.1 Å². The largest absolute Gasteiger partial charge is 0.381 e. The Morgan fingerprint density at radius 2 is 2.20 bits per heavy atom. The van der Waals surface area contributed by atoms with E-state index < -0.39 is 0 Å². The molecule has 0 aromatic carbocycles. The molecule has 1 saturated heterocycles. The van der Waals surface area contributed by atoms with Crippen LogP contribution in [0, 0.1) is 0 Å². The predicted octanol–water partition coefficient (Wildman–Crippen LogP) is 0.154. The minimum Gasteiger partial charge on any atom is -0.381 e. The number of nitrogens with zero attached hydrogens (tertiary/aromatic N) is 1. The molecule has 15 heavy (non-hydrogen) atoms. The molecule has 5 nitrogen and oxygen atoms in total. The molecule has 3 N–H and O–H groups in total. The first-order valence-electron chi connectivity index (χ1n) is 5.46. The molecule has 0 radical (unpaired) electrons. The second-order valence-electron chi connectivity index (χ2n) is 4.04. The Balaban J connectivity index is 2.37. The molecule has 1 atom stereocenters. The number of urea groups is 1. The average molecular weight is 215 g/mol. The van der Waals surface area contributed by atoms with Gasteiger partial charge in [0.2, 0.25) is 0 Å². The van der Waals surface area contributed by atoms with Crippen molar-refractivity contribution < 1.29 is 9.53 Å². The highest BCUT2D eigenvalue weighted by atomic mass is 16.5. The van der Waals surface area contributed by atoms with Crippen molar-refractivity contribution in [3.8, 4) is 0 Å². The molecule has 0 saturated carbocycles. The van der Waals surface area contributed by atoms with E-state index in [4.69, 9.17) is 10.5 Å². The molecule has 1 fully saturated rings. The van der Waals surface area contributed by atoms with E-state index in [0.29, 0.717) is 12.6 Å². The number of ether oxygens (including phenoxy) is 1. The van der Waals surface area contributed by atoms with Gasteiger partial charge in [0.25, 0.3) is 0 Å². The van der Waals surface area contributed by atoms with Gasteiger partial charge in [-0.1, -0.05) is 0 Å². The smallest absolute Gasteiger partial charge is 0.317 e. The van der Waals surface area contributed by atoms with Crippen molar-refractivity contribution in [2.75, 3.05) is 26.8 Å². The summed E-state index contributed by atoms with van der Waals surface area (Å²) in [6.45, 7) is 3.85. The number of carbonyl (C=O) groups is 1. The maximum absolute atomic E-state index is 11.7. The van der Waals surface area contributed by atoms with E-state index in [1.54, 1.807) is 4.90 Å². The zero-order valence-corrected chi connectivity index (χ0v) is 9.53. The van der Waals surface area contributed by atoms with Crippen molar-refractivity contribution in [3.05, 3.63) is 0 Å². The first kappa shape index (κ1) is 12.3. The Labute approximate surface area is 90.9 Å². The molecule has 5 heteroatoms. The third-order valence-corrected chi connectivity index (χ3v) is 2.78. The van der Waals surface area contributed by atoms with Crippen LogP contribution in [0.4, 0.5) is 4.79 Å². The van der Waals surface area contributed by atoms with Crippen LogP contribution in [0.3, 0.4) is 0 Å². The highest BCUT2D eigenvalue weighted by molar-refractivity contribution is 5.74. The third-order valence-electron chi connectivity index (χ3n) is 2.78. The molecule has 1 heterocycles. The monoisotopic (exact) mass is 215 g/mol. The van der Waals surface area contributed by atoms with Gasteiger partial charge < -0.3 is 20.7 Å². The first-order chi connectivity index (χ1) is 7.15. The molecule has 1 aliphatic heterocycles. The van der Waals surface area contributed by atoms with Gasteiger partial charge in [-0.3, -0.25) is 0 Å². The van der Waals surface area contributed by atoms with Gasteiger partial charge in [0.15, 0.2) is 0 Å². The number of nitrogens with two attached hydrogens (primary N) is 1. The first-order valence-corrected chi connectivity index (χ1v) is 5.46. The second kappa shape index (κ2) is 5.92. The molecule has 0 aromatic heterocycles. The summed E-state index contributed by atoms with van der Waals surface area (Å²) in [5.74, 6) is 0. The van der Waals surface area contributed by atoms with Crippen LogP contribution in [0.25, 0.3) is 0 Å². The Hall–Kier alpha value is -0.810. The number of hydrogen-bond acceptors (Lipinski definition) is 3. The maximum atomic E-state index is 11.7. The lowest BCUT2D eigenvalue weighted by molar-refractivity contribution is 0.0523. The highest BCUT2D eigenvalue weighted by Crippen LogP contribution is 2.12. The SMILES string of the molecule is CC(CN)NC(=O)N(C)C1CCOCC1. The van der Waals surface area contributed by atoms with E-state index in [1.165, 1.54) is 0 Å². The average Bonchev–Trinajstić information content (AvgIpc) is 2.29. The molecule has 0 aromatic rings. The standard InChI is InChI=1S/C10H21N3O2/c1-8(7-11)12-10(14)13(2)9-3-5-15-6-4-9/h8-9H,3-7,11H2,1-2H3,(H,12,14). The van der Waals surface area contributed by atoms with Crippen molar-refractivity contribution in [2.45, 2.75) is 31.8 Å². The molecule has 0 bridgehead atoms. The van der Waals surface area contributed by atoms with Gasteiger partial charge in [-0.05, 0) is 19.8 Å². The summed E-state index contributed by atoms with van der Waals surface area (Å²) < 4.78 is 5.25. The molecule has 0 aliphatic carbocycles. The minimum absolute atomic E-state index is 0.0276. The highest BCUT2D eigenvalue weighted by Gasteiger charge is 2.22. The summed E-state index contributed by atoms with van der Waals surface area (Å²) in [6, 6.07) is 0.281. The predicted molar refractivity (Wildman–Crippen MR) is 58.7 cm³/mol. The Morgan fingerprint density at radius 3 is 2.73 bits per heavy atom. The Bertz CT molecular complexity index is 205. The molecule has 1 unspecified atom stereocenters. The van der Waals surface area contributed by atoms with Crippen LogP contribution in [0.1, 0.15) is 19.8 Å². The van der Waals surface area contributed by atoms with Crippen LogP contribution in [0.5, 0.6) is 0 Å². The van der Waals surface area contributed by atoms with E-state index in [1.807, 2.05) is 14.0 Å². The van der Waals surface area contributed by atoms with Gasteiger partial charge in [-0.25, -0.2) is 4.79 Å². The Kier molecular flexibility index (Phi) is 4.84. The molecular weight excluding hydrogens is 194 g/mol. The lowest BCUT2D eigenvalue weighted by Gasteiger charge is -2.32. The van der Waals surface area contributed by atoms with Gasteiger partial charge in [0.1, 0.15) is 0 Å². The number of amides is 2. The van der Waals surface area contributed by atoms with E-state index in [2.05, 4.69) is 5.32 Å². The van der Waals surface area contributed by atoms with Crippen molar-refractivity contribution in [1.82, 2.24) is 10.2 Å². The fraction of sp³-hybridized carbons (Fsp3) is 0.900. The minimum atomic E-state index is -0.0418. The second-order valence-corrected chi connectivity index (χ2v) is 4.04. The Morgan fingerprint density at radius 1 is 1.60 bits per heavy atom. The van der Waals surface area contributed by atoms with Crippen molar-refractivity contribution >= 4 is 6.03 Å². The summed E-state index contributed by atoms with van der Waals surface area (Å²) in [7, 11) is 1.83. The summed E-state index contributed by atoms with van der Waals surface area (Å²) in [6.07, 6.45) is 1.84.